The monoisotopic (exact) mass is 316 g/mol. The molecule has 1 aromatic rings. The lowest BCUT2D eigenvalue weighted by Crippen LogP contribution is -2.46. The third kappa shape index (κ3) is 3.15. The van der Waals surface area contributed by atoms with E-state index in [2.05, 4.69) is 44.8 Å². The molecular weight excluding hydrogens is 300 g/mol. The highest BCUT2D eigenvalue weighted by atomic mass is 79.9. The average molecular weight is 318 g/mol. The van der Waals surface area contributed by atoms with Crippen LogP contribution in [0.3, 0.4) is 0 Å². The highest BCUT2D eigenvalue weighted by Crippen LogP contribution is 2.27. The number of benzene rings is 1. The van der Waals surface area contributed by atoms with Gasteiger partial charge < -0.3 is 9.80 Å². The van der Waals surface area contributed by atoms with Gasteiger partial charge in [0, 0.05) is 42.2 Å². The van der Waals surface area contributed by atoms with Crippen LogP contribution in [0.4, 0.5) is 5.69 Å². The van der Waals surface area contributed by atoms with Crippen molar-refractivity contribution in [2.75, 3.05) is 37.6 Å². The molecule has 0 amide bonds. The summed E-state index contributed by atoms with van der Waals surface area (Å²) in [5.74, 6) is 0. The molecule has 1 aliphatic rings. The molecule has 0 bridgehead atoms. The minimum Gasteiger partial charge on any atom is -0.369 e. The Morgan fingerprint density at radius 1 is 1.24 bits per heavy atom. The Morgan fingerprint density at radius 2 is 1.94 bits per heavy atom. The molecule has 1 saturated heterocycles. The molecule has 1 aliphatic heterocycles. The van der Waals surface area contributed by atoms with Gasteiger partial charge in [-0.3, -0.25) is 0 Å². The predicted molar refractivity (Wildman–Crippen MR) is 78.4 cm³/mol. The van der Waals surface area contributed by atoms with E-state index in [1.54, 1.807) is 0 Å². The van der Waals surface area contributed by atoms with Crippen LogP contribution < -0.4 is 4.90 Å². The molecule has 0 unspecified atom stereocenters. The summed E-state index contributed by atoms with van der Waals surface area (Å²) in [6, 6.07) is 6.16. The van der Waals surface area contributed by atoms with Crippen LogP contribution in [0.2, 0.25) is 5.02 Å². The zero-order valence-electron chi connectivity index (χ0n) is 10.1. The van der Waals surface area contributed by atoms with Crippen LogP contribution in [0.15, 0.2) is 18.2 Å². The number of anilines is 1. The quantitative estimate of drug-likeness (QED) is 0.789. The Kier molecular flexibility index (Phi) is 4.71. The standard InChI is InChI=1S/C13H18BrClN2/c1-2-16-5-7-17(8-6-16)13-9-12(15)4-3-11(13)10-14/h3-4,9H,2,5-8,10H2,1H3. The lowest BCUT2D eigenvalue weighted by atomic mass is 10.1. The van der Waals surface area contributed by atoms with Gasteiger partial charge in [-0.25, -0.2) is 0 Å². The van der Waals surface area contributed by atoms with Gasteiger partial charge in [-0.05, 0) is 24.2 Å². The summed E-state index contributed by atoms with van der Waals surface area (Å²) in [7, 11) is 0. The molecule has 0 saturated carbocycles. The fraction of sp³-hybridized carbons (Fsp3) is 0.538. The number of piperazine rings is 1. The zero-order chi connectivity index (χ0) is 12.3. The third-order valence-corrected chi connectivity index (χ3v) is 4.19. The molecule has 1 fully saturated rings. The van der Waals surface area contributed by atoms with E-state index in [0.29, 0.717) is 0 Å². The van der Waals surface area contributed by atoms with E-state index in [4.69, 9.17) is 11.6 Å². The van der Waals surface area contributed by atoms with Crippen LogP contribution in [0.1, 0.15) is 12.5 Å². The molecule has 1 aromatic carbocycles. The van der Waals surface area contributed by atoms with E-state index < -0.39 is 0 Å². The third-order valence-electron chi connectivity index (χ3n) is 3.35. The van der Waals surface area contributed by atoms with Crippen molar-refractivity contribution in [2.45, 2.75) is 12.3 Å². The lowest BCUT2D eigenvalue weighted by Gasteiger charge is -2.36. The van der Waals surface area contributed by atoms with Crippen LogP contribution in [-0.2, 0) is 5.33 Å². The van der Waals surface area contributed by atoms with Crippen molar-refractivity contribution in [1.29, 1.82) is 0 Å². The Bertz CT molecular complexity index is 376. The van der Waals surface area contributed by atoms with Gasteiger partial charge in [0.25, 0.3) is 0 Å². The Morgan fingerprint density at radius 3 is 2.53 bits per heavy atom. The number of alkyl halides is 1. The first-order chi connectivity index (χ1) is 8.24. The summed E-state index contributed by atoms with van der Waals surface area (Å²) in [5.41, 5.74) is 2.60. The second kappa shape index (κ2) is 6.07. The van der Waals surface area contributed by atoms with Crippen molar-refractivity contribution >= 4 is 33.2 Å². The number of hydrogen-bond donors (Lipinski definition) is 0. The van der Waals surface area contributed by atoms with Crippen molar-refractivity contribution in [3.8, 4) is 0 Å². The molecule has 0 atom stereocenters. The van der Waals surface area contributed by atoms with E-state index in [0.717, 1.165) is 43.1 Å². The first kappa shape index (κ1) is 13.2. The normalized spacial score (nSPS) is 17.5. The Labute approximate surface area is 117 Å². The van der Waals surface area contributed by atoms with Gasteiger partial charge in [-0.1, -0.05) is 40.5 Å². The van der Waals surface area contributed by atoms with E-state index >= 15 is 0 Å². The topological polar surface area (TPSA) is 6.48 Å². The van der Waals surface area contributed by atoms with E-state index in [-0.39, 0.29) is 0 Å². The number of halogens is 2. The Hall–Kier alpha value is -0.250. The molecule has 0 spiro atoms. The number of hydrogen-bond acceptors (Lipinski definition) is 2. The van der Waals surface area contributed by atoms with Gasteiger partial charge in [0.15, 0.2) is 0 Å². The molecule has 0 aliphatic carbocycles. The van der Waals surface area contributed by atoms with Gasteiger partial charge in [-0.15, -0.1) is 0 Å². The van der Waals surface area contributed by atoms with Crippen LogP contribution in [-0.4, -0.2) is 37.6 Å². The van der Waals surface area contributed by atoms with Gasteiger partial charge in [0.05, 0.1) is 0 Å². The maximum atomic E-state index is 6.10. The summed E-state index contributed by atoms with van der Waals surface area (Å²) >= 11 is 9.64. The average Bonchev–Trinajstić information content (AvgIpc) is 2.39. The molecule has 1 heterocycles. The molecule has 2 rings (SSSR count). The minimum atomic E-state index is 0.822. The molecule has 0 aromatic heterocycles. The highest BCUT2D eigenvalue weighted by molar-refractivity contribution is 9.08. The smallest absolute Gasteiger partial charge is 0.0426 e. The summed E-state index contributed by atoms with van der Waals surface area (Å²) in [5, 5.41) is 1.70. The highest BCUT2D eigenvalue weighted by Gasteiger charge is 2.18. The van der Waals surface area contributed by atoms with Crippen LogP contribution in [0.25, 0.3) is 0 Å². The fourth-order valence-electron chi connectivity index (χ4n) is 2.25. The predicted octanol–water partition coefficient (Wildman–Crippen LogP) is 3.38. The van der Waals surface area contributed by atoms with Crippen molar-refractivity contribution < 1.29 is 0 Å². The summed E-state index contributed by atoms with van der Waals surface area (Å²) < 4.78 is 0. The fourth-order valence-corrected chi connectivity index (χ4v) is 2.89. The summed E-state index contributed by atoms with van der Waals surface area (Å²) in [4.78, 5) is 4.92. The first-order valence-electron chi connectivity index (χ1n) is 6.06. The van der Waals surface area contributed by atoms with Gasteiger partial charge >= 0.3 is 0 Å². The van der Waals surface area contributed by atoms with E-state index in [1.165, 1.54) is 11.3 Å². The second-order valence-electron chi connectivity index (χ2n) is 4.33. The molecule has 94 valence electrons. The van der Waals surface area contributed by atoms with Crippen LogP contribution in [0.5, 0.6) is 0 Å². The van der Waals surface area contributed by atoms with Crippen LogP contribution in [0, 0.1) is 0 Å². The SMILES string of the molecule is CCN1CCN(c2cc(Cl)ccc2CBr)CC1. The zero-order valence-corrected chi connectivity index (χ0v) is 12.5. The molecule has 17 heavy (non-hydrogen) atoms. The van der Waals surface area contributed by atoms with Crippen molar-refractivity contribution in [3.63, 3.8) is 0 Å². The molecule has 2 nitrogen and oxygen atoms in total. The van der Waals surface area contributed by atoms with Gasteiger partial charge in [-0.2, -0.15) is 0 Å². The van der Waals surface area contributed by atoms with Gasteiger partial charge in [0.2, 0.25) is 0 Å². The van der Waals surface area contributed by atoms with Crippen molar-refractivity contribution in [2.24, 2.45) is 0 Å². The first-order valence-corrected chi connectivity index (χ1v) is 7.56. The number of nitrogens with zero attached hydrogens (tertiary/aromatic N) is 2. The Balaban J connectivity index is 2.14. The summed E-state index contributed by atoms with van der Waals surface area (Å²) in [6.07, 6.45) is 0. The number of rotatable bonds is 3. The van der Waals surface area contributed by atoms with Crippen molar-refractivity contribution in [3.05, 3.63) is 28.8 Å². The number of likely N-dealkylation sites (N-methyl/N-ethyl adjacent to an activating group) is 1. The van der Waals surface area contributed by atoms with E-state index in [9.17, 15) is 0 Å². The molecule has 0 radical (unpaired) electrons. The maximum Gasteiger partial charge on any atom is 0.0426 e. The molecule has 0 N–H and O–H groups in total. The van der Waals surface area contributed by atoms with Crippen LogP contribution >= 0.6 is 27.5 Å². The maximum absolute atomic E-state index is 6.10. The second-order valence-corrected chi connectivity index (χ2v) is 5.33. The molecular formula is C13H18BrClN2. The van der Waals surface area contributed by atoms with Crippen molar-refractivity contribution in [1.82, 2.24) is 4.90 Å². The molecule has 4 heteroatoms. The summed E-state index contributed by atoms with van der Waals surface area (Å²) in [6.45, 7) is 7.84. The van der Waals surface area contributed by atoms with Gasteiger partial charge in [0.1, 0.15) is 0 Å². The minimum absolute atomic E-state index is 0.822. The lowest BCUT2D eigenvalue weighted by molar-refractivity contribution is 0.271. The largest absolute Gasteiger partial charge is 0.369 e. The van der Waals surface area contributed by atoms with E-state index in [1.807, 2.05) is 6.07 Å².